The summed E-state index contributed by atoms with van der Waals surface area (Å²) in [7, 11) is 0. The Morgan fingerprint density at radius 2 is 1.33 bits per heavy atom. The number of amides is 1. The van der Waals surface area contributed by atoms with Crippen LogP contribution in [0.25, 0.3) is 0 Å². The van der Waals surface area contributed by atoms with Gasteiger partial charge in [-0.3, -0.25) is 4.79 Å². The topological polar surface area (TPSA) is 20.3 Å². The van der Waals surface area contributed by atoms with Gasteiger partial charge < -0.3 is 4.90 Å². The second kappa shape index (κ2) is 7.55. The van der Waals surface area contributed by atoms with Gasteiger partial charge >= 0.3 is 0 Å². The zero-order valence-corrected chi connectivity index (χ0v) is 13.2. The summed E-state index contributed by atoms with van der Waals surface area (Å²) in [6.45, 7) is 0.505. The summed E-state index contributed by atoms with van der Waals surface area (Å²) >= 11 is 0. The second-order valence-electron chi connectivity index (χ2n) is 5.60. The maximum atomic E-state index is 13.0. The molecular weight excluding hydrogens is 301 g/mol. The molecule has 1 amide bonds. The molecule has 0 aliphatic heterocycles. The molecule has 0 aromatic heterocycles. The van der Waals surface area contributed by atoms with Crippen LogP contribution in [0, 0.1) is 5.82 Å². The molecule has 0 saturated heterocycles. The number of hydrogen-bond acceptors (Lipinski definition) is 1. The lowest BCUT2D eigenvalue weighted by Gasteiger charge is -2.23. The first-order chi connectivity index (χ1) is 11.7. The highest BCUT2D eigenvalue weighted by Crippen LogP contribution is 2.18. The van der Waals surface area contributed by atoms with Crippen molar-refractivity contribution < 1.29 is 9.18 Å². The summed E-state index contributed by atoms with van der Waals surface area (Å²) < 4.78 is 13.0. The van der Waals surface area contributed by atoms with Crippen molar-refractivity contribution in [3.63, 3.8) is 0 Å². The molecule has 0 bridgehead atoms. The molecule has 3 heteroatoms. The van der Waals surface area contributed by atoms with Crippen LogP contribution >= 0.6 is 0 Å². The summed E-state index contributed by atoms with van der Waals surface area (Å²) in [5, 5.41) is 0. The van der Waals surface area contributed by atoms with E-state index in [2.05, 4.69) is 0 Å². The Morgan fingerprint density at radius 1 is 0.750 bits per heavy atom. The summed E-state index contributed by atoms with van der Waals surface area (Å²) in [5.41, 5.74) is 2.72. The minimum atomic E-state index is -0.296. The van der Waals surface area contributed by atoms with Crippen LogP contribution in [0.4, 0.5) is 10.1 Å². The third-order valence-corrected chi connectivity index (χ3v) is 3.82. The van der Waals surface area contributed by atoms with E-state index in [9.17, 15) is 9.18 Å². The van der Waals surface area contributed by atoms with Gasteiger partial charge in [0.25, 0.3) is 0 Å². The first-order valence-electron chi connectivity index (χ1n) is 7.86. The van der Waals surface area contributed by atoms with E-state index in [0.29, 0.717) is 6.54 Å². The van der Waals surface area contributed by atoms with Crippen molar-refractivity contribution in [1.82, 2.24) is 0 Å². The SMILES string of the molecule is O=C(Cc1ccc(F)cc1)N(Cc1ccccc1)c1ccccc1. The van der Waals surface area contributed by atoms with Crippen molar-refractivity contribution in [3.8, 4) is 0 Å². The highest BCUT2D eigenvalue weighted by molar-refractivity contribution is 5.94. The second-order valence-corrected chi connectivity index (χ2v) is 5.60. The Labute approximate surface area is 141 Å². The Kier molecular flexibility index (Phi) is 5.02. The quantitative estimate of drug-likeness (QED) is 0.673. The molecule has 0 fully saturated rings. The first kappa shape index (κ1) is 15.9. The van der Waals surface area contributed by atoms with Crippen LogP contribution in [0.3, 0.4) is 0 Å². The minimum Gasteiger partial charge on any atom is -0.308 e. The Balaban J connectivity index is 1.83. The molecule has 2 nitrogen and oxygen atoms in total. The molecule has 0 unspecified atom stereocenters. The van der Waals surface area contributed by atoms with Gasteiger partial charge in [0.1, 0.15) is 5.82 Å². The summed E-state index contributed by atoms with van der Waals surface area (Å²) in [4.78, 5) is 14.6. The number of halogens is 1. The lowest BCUT2D eigenvalue weighted by atomic mass is 10.1. The van der Waals surface area contributed by atoms with Crippen molar-refractivity contribution in [1.29, 1.82) is 0 Å². The fraction of sp³-hybridized carbons (Fsp3) is 0.0952. The molecule has 3 rings (SSSR count). The zero-order chi connectivity index (χ0) is 16.8. The zero-order valence-electron chi connectivity index (χ0n) is 13.2. The summed E-state index contributed by atoms with van der Waals surface area (Å²) in [5.74, 6) is -0.313. The standard InChI is InChI=1S/C21H18FNO/c22-19-13-11-17(12-14-19)15-21(24)23(20-9-5-2-6-10-20)16-18-7-3-1-4-8-18/h1-14H,15-16H2. The molecule has 24 heavy (non-hydrogen) atoms. The third kappa shape index (κ3) is 4.07. The lowest BCUT2D eigenvalue weighted by Crippen LogP contribution is -2.31. The van der Waals surface area contributed by atoms with Gasteiger partial charge in [-0.2, -0.15) is 0 Å². The van der Waals surface area contributed by atoms with E-state index in [1.54, 1.807) is 17.0 Å². The van der Waals surface area contributed by atoms with Crippen molar-refractivity contribution in [2.45, 2.75) is 13.0 Å². The fourth-order valence-electron chi connectivity index (χ4n) is 2.57. The Morgan fingerprint density at radius 3 is 1.96 bits per heavy atom. The van der Waals surface area contributed by atoms with Crippen LogP contribution in [0.2, 0.25) is 0 Å². The summed E-state index contributed by atoms with van der Waals surface area (Å²) in [6, 6.07) is 25.5. The molecule has 0 aliphatic carbocycles. The highest BCUT2D eigenvalue weighted by atomic mass is 19.1. The van der Waals surface area contributed by atoms with Crippen LogP contribution in [0.15, 0.2) is 84.9 Å². The van der Waals surface area contributed by atoms with Gasteiger partial charge in [-0.25, -0.2) is 4.39 Å². The molecular formula is C21H18FNO. The van der Waals surface area contributed by atoms with Crippen LogP contribution < -0.4 is 4.90 Å². The van der Waals surface area contributed by atoms with Crippen LogP contribution in [0.5, 0.6) is 0 Å². The number of hydrogen-bond donors (Lipinski definition) is 0. The van der Waals surface area contributed by atoms with Gasteiger partial charge in [0, 0.05) is 5.69 Å². The van der Waals surface area contributed by atoms with E-state index in [1.807, 2.05) is 60.7 Å². The van der Waals surface area contributed by atoms with E-state index in [4.69, 9.17) is 0 Å². The number of benzene rings is 3. The lowest BCUT2D eigenvalue weighted by molar-refractivity contribution is -0.118. The Hall–Kier alpha value is -2.94. The molecule has 0 saturated carbocycles. The largest absolute Gasteiger partial charge is 0.308 e. The monoisotopic (exact) mass is 319 g/mol. The molecule has 3 aromatic carbocycles. The number of anilines is 1. The van der Waals surface area contributed by atoms with Gasteiger partial charge in [-0.15, -0.1) is 0 Å². The number of rotatable bonds is 5. The van der Waals surface area contributed by atoms with E-state index in [-0.39, 0.29) is 18.1 Å². The number of carbonyl (C=O) groups excluding carboxylic acids is 1. The van der Waals surface area contributed by atoms with E-state index in [1.165, 1.54) is 12.1 Å². The smallest absolute Gasteiger partial charge is 0.231 e. The number of nitrogens with zero attached hydrogens (tertiary/aromatic N) is 1. The van der Waals surface area contributed by atoms with Crippen LogP contribution in [-0.2, 0) is 17.8 Å². The molecule has 120 valence electrons. The van der Waals surface area contributed by atoms with Gasteiger partial charge in [0.15, 0.2) is 0 Å². The normalized spacial score (nSPS) is 10.4. The molecule has 0 aliphatic rings. The maximum absolute atomic E-state index is 13.0. The molecule has 0 N–H and O–H groups in total. The van der Waals surface area contributed by atoms with Gasteiger partial charge in [-0.1, -0.05) is 60.7 Å². The first-order valence-corrected chi connectivity index (χ1v) is 7.86. The maximum Gasteiger partial charge on any atom is 0.231 e. The third-order valence-electron chi connectivity index (χ3n) is 3.82. The fourth-order valence-corrected chi connectivity index (χ4v) is 2.57. The molecule has 3 aromatic rings. The minimum absolute atomic E-state index is 0.0170. The molecule has 0 radical (unpaired) electrons. The molecule has 0 spiro atoms. The van der Waals surface area contributed by atoms with Gasteiger partial charge in [0.05, 0.1) is 13.0 Å². The van der Waals surface area contributed by atoms with Crippen molar-refractivity contribution in [2.24, 2.45) is 0 Å². The van der Waals surface area contributed by atoms with E-state index in [0.717, 1.165) is 16.8 Å². The molecule has 0 atom stereocenters. The van der Waals surface area contributed by atoms with Gasteiger partial charge in [-0.05, 0) is 35.4 Å². The average molecular weight is 319 g/mol. The predicted molar refractivity (Wildman–Crippen MR) is 94.2 cm³/mol. The average Bonchev–Trinajstić information content (AvgIpc) is 2.63. The molecule has 0 heterocycles. The van der Waals surface area contributed by atoms with E-state index < -0.39 is 0 Å². The number of carbonyl (C=O) groups is 1. The Bertz CT molecular complexity index is 785. The van der Waals surface area contributed by atoms with Crippen molar-refractivity contribution in [2.75, 3.05) is 4.90 Å². The van der Waals surface area contributed by atoms with Gasteiger partial charge in [0.2, 0.25) is 5.91 Å². The van der Waals surface area contributed by atoms with Crippen LogP contribution in [0.1, 0.15) is 11.1 Å². The number of para-hydroxylation sites is 1. The highest BCUT2D eigenvalue weighted by Gasteiger charge is 2.16. The van der Waals surface area contributed by atoms with E-state index >= 15 is 0 Å². The predicted octanol–water partition coefficient (Wildman–Crippen LogP) is 4.60. The summed E-state index contributed by atoms with van der Waals surface area (Å²) in [6.07, 6.45) is 0.238. The van der Waals surface area contributed by atoms with Crippen LogP contribution in [-0.4, -0.2) is 5.91 Å². The van der Waals surface area contributed by atoms with Crippen molar-refractivity contribution in [3.05, 3.63) is 102 Å². The van der Waals surface area contributed by atoms with Crippen molar-refractivity contribution >= 4 is 11.6 Å².